The van der Waals surface area contributed by atoms with Crippen LogP contribution in [-0.2, 0) is 19.3 Å². The van der Waals surface area contributed by atoms with E-state index in [9.17, 15) is 4.79 Å². The number of H-pyrrole nitrogens is 1. The molecule has 108 valence electrons. The second-order valence-electron chi connectivity index (χ2n) is 4.90. The predicted octanol–water partition coefficient (Wildman–Crippen LogP) is 1.98. The number of rotatable bonds is 6. The van der Waals surface area contributed by atoms with Gasteiger partial charge in [-0.1, -0.05) is 30.3 Å². The number of unbranched alkanes of at least 4 members (excludes halogenated alkanes) is 1. The van der Waals surface area contributed by atoms with Crippen molar-refractivity contribution in [2.75, 3.05) is 5.73 Å². The summed E-state index contributed by atoms with van der Waals surface area (Å²) in [6, 6.07) is 12.3. The summed E-state index contributed by atoms with van der Waals surface area (Å²) >= 11 is 0. The largest absolute Gasteiger partial charge is 0.369 e. The van der Waals surface area contributed by atoms with Crippen LogP contribution < -0.4 is 11.3 Å². The van der Waals surface area contributed by atoms with Gasteiger partial charge in [0.25, 0.3) is 5.56 Å². The molecule has 0 radical (unpaired) electrons. The van der Waals surface area contributed by atoms with Gasteiger partial charge >= 0.3 is 0 Å². The summed E-state index contributed by atoms with van der Waals surface area (Å²) in [5.74, 6) is 0.0679. The van der Waals surface area contributed by atoms with Gasteiger partial charge in [-0.05, 0) is 31.2 Å². The van der Waals surface area contributed by atoms with Gasteiger partial charge in [0.1, 0.15) is 0 Å². The molecule has 1 aromatic carbocycles. The molecule has 0 saturated heterocycles. The third-order valence-corrected chi connectivity index (χ3v) is 3.35. The molecule has 0 aliphatic rings. The van der Waals surface area contributed by atoms with Crippen molar-refractivity contribution >= 4 is 5.95 Å². The fraction of sp³-hybridized carbons (Fsp3) is 0.312. The summed E-state index contributed by atoms with van der Waals surface area (Å²) in [7, 11) is 0. The lowest BCUT2D eigenvalue weighted by Gasteiger charge is -2.06. The maximum atomic E-state index is 11.9. The van der Waals surface area contributed by atoms with Crippen molar-refractivity contribution in [2.24, 2.45) is 0 Å². The Hall–Kier alpha value is -2.61. The summed E-state index contributed by atoms with van der Waals surface area (Å²) < 4.78 is 0. The molecule has 1 aromatic heterocycles. The van der Waals surface area contributed by atoms with Gasteiger partial charge in [0.15, 0.2) is 0 Å². The highest BCUT2D eigenvalue weighted by Gasteiger charge is 2.10. The van der Waals surface area contributed by atoms with E-state index in [1.54, 1.807) is 0 Å². The minimum Gasteiger partial charge on any atom is -0.369 e. The SMILES string of the molecule is N#CCc1nc(N)[nH]c(=O)c1CCCCc1ccccc1. The molecule has 5 heteroatoms. The number of nitrogens with one attached hydrogen (secondary N) is 1. The van der Waals surface area contributed by atoms with Crippen LogP contribution in [0.1, 0.15) is 29.7 Å². The van der Waals surface area contributed by atoms with Crippen LogP contribution in [0.15, 0.2) is 35.1 Å². The Morgan fingerprint density at radius 3 is 2.62 bits per heavy atom. The Kier molecular flexibility index (Phi) is 5.10. The smallest absolute Gasteiger partial charge is 0.255 e. The number of nitriles is 1. The monoisotopic (exact) mass is 282 g/mol. The van der Waals surface area contributed by atoms with Crippen molar-refractivity contribution in [3.63, 3.8) is 0 Å². The summed E-state index contributed by atoms with van der Waals surface area (Å²) in [5, 5.41) is 8.80. The van der Waals surface area contributed by atoms with Gasteiger partial charge in [0.2, 0.25) is 5.95 Å². The molecular formula is C16H18N4O. The first-order valence-electron chi connectivity index (χ1n) is 6.99. The normalized spacial score (nSPS) is 10.2. The molecule has 0 amide bonds. The van der Waals surface area contributed by atoms with Crippen molar-refractivity contribution in [3.05, 3.63) is 57.5 Å². The van der Waals surface area contributed by atoms with Crippen LogP contribution in [0.25, 0.3) is 0 Å². The predicted molar refractivity (Wildman–Crippen MR) is 81.7 cm³/mol. The highest BCUT2D eigenvalue weighted by molar-refractivity contribution is 5.27. The van der Waals surface area contributed by atoms with Gasteiger partial charge in [-0.2, -0.15) is 5.26 Å². The van der Waals surface area contributed by atoms with E-state index >= 15 is 0 Å². The number of aromatic nitrogens is 2. The first kappa shape index (κ1) is 14.8. The number of hydrogen-bond acceptors (Lipinski definition) is 4. The van der Waals surface area contributed by atoms with Crippen LogP contribution >= 0.6 is 0 Å². The number of aromatic amines is 1. The van der Waals surface area contributed by atoms with Gasteiger partial charge in [-0.3, -0.25) is 9.78 Å². The molecule has 2 rings (SSSR count). The molecule has 0 bridgehead atoms. The Balaban J connectivity index is 1.97. The Morgan fingerprint density at radius 2 is 1.90 bits per heavy atom. The average molecular weight is 282 g/mol. The van der Waals surface area contributed by atoms with Crippen LogP contribution in [0.3, 0.4) is 0 Å². The molecule has 0 aliphatic heterocycles. The Labute approximate surface area is 123 Å². The van der Waals surface area contributed by atoms with Crippen LogP contribution in [0, 0.1) is 11.3 Å². The van der Waals surface area contributed by atoms with E-state index in [2.05, 4.69) is 22.1 Å². The third kappa shape index (κ3) is 4.18. The number of aryl methyl sites for hydroxylation is 1. The van der Waals surface area contributed by atoms with Crippen LogP contribution in [0.2, 0.25) is 0 Å². The number of nitrogen functional groups attached to an aromatic ring is 1. The summed E-state index contributed by atoms with van der Waals surface area (Å²) in [6.45, 7) is 0. The van der Waals surface area contributed by atoms with Crippen molar-refractivity contribution in [1.82, 2.24) is 9.97 Å². The van der Waals surface area contributed by atoms with E-state index in [0.29, 0.717) is 17.7 Å². The van der Waals surface area contributed by atoms with Gasteiger partial charge in [-0.25, -0.2) is 4.98 Å². The maximum Gasteiger partial charge on any atom is 0.255 e. The first-order valence-corrected chi connectivity index (χ1v) is 6.99. The molecule has 21 heavy (non-hydrogen) atoms. The molecule has 3 N–H and O–H groups in total. The molecule has 0 fully saturated rings. The van der Waals surface area contributed by atoms with Crippen molar-refractivity contribution in [2.45, 2.75) is 32.1 Å². The van der Waals surface area contributed by atoms with E-state index in [1.807, 2.05) is 24.3 Å². The lowest BCUT2D eigenvalue weighted by molar-refractivity contribution is 0.721. The van der Waals surface area contributed by atoms with Crippen LogP contribution in [0.5, 0.6) is 0 Å². The summed E-state index contributed by atoms with van der Waals surface area (Å²) in [6.07, 6.45) is 3.57. The standard InChI is InChI=1S/C16H18N4O/c17-11-10-14-13(15(21)20-16(18)19-14)9-5-4-8-12-6-2-1-3-7-12/h1-3,6-7H,4-5,8-10H2,(H3,18,19,20,21). The lowest BCUT2D eigenvalue weighted by Crippen LogP contribution is -2.19. The molecule has 0 unspecified atom stereocenters. The highest BCUT2D eigenvalue weighted by atomic mass is 16.1. The van der Waals surface area contributed by atoms with Crippen LogP contribution in [-0.4, -0.2) is 9.97 Å². The van der Waals surface area contributed by atoms with Gasteiger partial charge in [-0.15, -0.1) is 0 Å². The summed E-state index contributed by atoms with van der Waals surface area (Å²) in [5.41, 5.74) is 7.66. The molecule has 0 atom stereocenters. The zero-order valence-corrected chi connectivity index (χ0v) is 11.8. The quantitative estimate of drug-likeness (QED) is 0.792. The van der Waals surface area contributed by atoms with Gasteiger partial charge < -0.3 is 5.73 Å². The second-order valence-corrected chi connectivity index (χ2v) is 4.90. The van der Waals surface area contributed by atoms with E-state index in [-0.39, 0.29) is 17.9 Å². The molecule has 0 spiro atoms. The number of benzene rings is 1. The van der Waals surface area contributed by atoms with Crippen molar-refractivity contribution in [3.8, 4) is 6.07 Å². The fourth-order valence-electron chi connectivity index (χ4n) is 2.32. The maximum absolute atomic E-state index is 11.9. The molecule has 2 aromatic rings. The van der Waals surface area contributed by atoms with Gasteiger partial charge in [0.05, 0.1) is 18.2 Å². The van der Waals surface area contributed by atoms with E-state index in [0.717, 1.165) is 19.3 Å². The number of nitrogens with zero attached hydrogens (tertiary/aromatic N) is 2. The number of nitrogens with two attached hydrogens (primary N) is 1. The van der Waals surface area contributed by atoms with Crippen molar-refractivity contribution in [1.29, 1.82) is 5.26 Å². The molecule has 0 saturated carbocycles. The van der Waals surface area contributed by atoms with E-state index in [1.165, 1.54) is 5.56 Å². The first-order chi connectivity index (χ1) is 10.2. The Bertz CT molecular complexity index is 686. The highest BCUT2D eigenvalue weighted by Crippen LogP contribution is 2.10. The lowest BCUT2D eigenvalue weighted by atomic mass is 10.0. The number of hydrogen-bond donors (Lipinski definition) is 2. The molecule has 0 aliphatic carbocycles. The third-order valence-electron chi connectivity index (χ3n) is 3.35. The molecule has 5 nitrogen and oxygen atoms in total. The average Bonchev–Trinajstić information content (AvgIpc) is 2.47. The Morgan fingerprint density at radius 1 is 1.19 bits per heavy atom. The topological polar surface area (TPSA) is 95.6 Å². The second kappa shape index (κ2) is 7.25. The van der Waals surface area contributed by atoms with Crippen LogP contribution in [0.4, 0.5) is 5.95 Å². The minimum absolute atomic E-state index is 0.0679. The number of anilines is 1. The van der Waals surface area contributed by atoms with Crippen molar-refractivity contribution < 1.29 is 0 Å². The van der Waals surface area contributed by atoms with E-state index < -0.39 is 0 Å². The fourth-order valence-corrected chi connectivity index (χ4v) is 2.32. The molecular weight excluding hydrogens is 264 g/mol. The molecule has 1 heterocycles. The van der Waals surface area contributed by atoms with Gasteiger partial charge in [0, 0.05) is 5.56 Å². The zero-order valence-electron chi connectivity index (χ0n) is 11.8. The zero-order chi connectivity index (χ0) is 15.1. The minimum atomic E-state index is -0.229. The summed E-state index contributed by atoms with van der Waals surface area (Å²) in [4.78, 5) is 18.5. The van der Waals surface area contributed by atoms with E-state index in [4.69, 9.17) is 11.0 Å².